The number of carbonyl (C=O) groups excluding carboxylic acids is 2. The molecular formula is C18H17BrCl2N2O3. The normalized spacial score (nSPS) is 10.5. The van der Waals surface area contributed by atoms with Crippen LogP contribution in [0.1, 0.15) is 24.2 Å². The minimum atomic E-state index is -0.359. The maximum absolute atomic E-state index is 12.0. The molecule has 0 radical (unpaired) electrons. The summed E-state index contributed by atoms with van der Waals surface area (Å²) >= 11 is 15.2. The summed E-state index contributed by atoms with van der Waals surface area (Å²) in [5, 5.41) is 6.25. The summed E-state index contributed by atoms with van der Waals surface area (Å²) in [6.45, 7) is 3.55. The first-order chi connectivity index (χ1) is 12.3. The molecule has 0 fully saturated rings. The molecular weight excluding hydrogens is 443 g/mol. The number of ether oxygens (including phenoxy) is 1. The fourth-order valence-electron chi connectivity index (χ4n) is 2.05. The third-order valence-corrected chi connectivity index (χ3v) is 4.25. The lowest BCUT2D eigenvalue weighted by molar-refractivity contribution is -0.118. The number of carbonyl (C=O) groups is 2. The monoisotopic (exact) mass is 458 g/mol. The zero-order valence-electron chi connectivity index (χ0n) is 14.1. The molecule has 2 rings (SSSR count). The smallest absolute Gasteiger partial charge is 0.262 e. The zero-order chi connectivity index (χ0) is 19.3. The third kappa shape index (κ3) is 5.90. The average molecular weight is 460 g/mol. The van der Waals surface area contributed by atoms with Gasteiger partial charge in [-0.1, -0.05) is 23.2 Å². The van der Waals surface area contributed by atoms with Crippen LogP contribution in [-0.4, -0.2) is 24.5 Å². The fourth-order valence-corrected chi connectivity index (χ4v) is 3.42. The molecule has 0 atom stereocenters. The molecule has 0 unspecified atom stereocenters. The molecule has 0 saturated carbocycles. The van der Waals surface area contributed by atoms with E-state index < -0.39 is 0 Å². The first-order valence-electron chi connectivity index (χ1n) is 7.74. The van der Waals surface area contributed by atoms with Gasteiger partial charge in [0.15, 0.2) is 12.4 Å². The minimum Gasteiger partial charge on any atom is -0.481 e. The lowest BCUT2D eigenvalue weighted by atomic mass is 10.2. The quantitative estimate of drug-likeness (QED) is 0.644. The maximum atomic E-state index is 12.0. The van der Waals surface area contributed by atoms with E-state index in [1.165, 1.54) is 6.07 Å². The van der Waals surface area contributed by atoms with Crippen LogP contribution in [0.5, 0.6) is 5.75 Å². The highest BCUT2D eigenvalue weighted by Gasteiger charge is 2.12. The van der Waals surface area contributed by atoms with Crippen molar-refractivity contribution < 1.29 is 14.3 Å². The van der Waals surface area contributed by atoms with Gasteiger partial charge in [0.25, 0.3) is 11.8 Å². The van der Waals surface area contributed by atoms with Crippen LogP contribution in [0.15, 0.2) is 40.9 Å². The van der Waals surface area contributed by atoms with Gasteiger partial charge in [0.1, 0.15) is 0 Å². The Morgan fingerprint density at radius 1 is 1.15 bits per heavy atom. The summed E-state index contributed by atoms with van der Waals surface area (Å²) in [5.41, 5.74) is 1.07. The lowest BCUT2D eigenvalue weighted by Gasteiger charge is -2.11. The zero-order valence-corrected chi connectivity index (χ0v) is 17.2. The summed E-state index contributed by atoms with van der Waals surface area (Å²) in [7, 11) is 0. The van der Waals surface area contributed by atoms with Crippen LogP contribution in [0.3, 0.4) is 0 Å². The molecule has 2 amide bonds. The van der Waals surface area contributed by atoms with Gasteiger partial charge in [-0.2, -0.15) is 0 Å². The van der Waals surface area contributed by atoms with Gasteiger partial charge in [0, 0.05) is 22.3 Å². The van der Waals surface area contributed by atoms with Crippen molar-refractivity contribution in [1.82, 2.24) is 5.32 Å². The van der Waals surface area contributed by atoms with Gasteiger partial charge in [-0.3, -0.25) is 9.59 Å². The first kappa shape index (κ1) is 20.6. The van der Waals surface area contributed by atoms with E-state index in [2.05, 4.69) is 26.6 Å². The van der Waals surface area contributed by atoms with Crippen molar-refractivity contribution in [3.05, 3.63) is 56.5 Å². The van der Waals surface area contributed by atoms with E-state index in [-0.39, 0.29) is 24.5 Å². The van der Waals surface area contributed by atoms with Gasteiger partial charge in [-0.15, -0.1) is 0 Å². The summed E-state index contributed by atoms with van der Waals surface area (Å²) in [4.78, 5) is 23.9. The van der Waals surface area contributed by atoms with Crippen LogP contribution in [0, 0.1) is 0 Å². The second kappa shape index (κ2) is 9.26. The van der Waals surface area contributed by atoms with Crippen LogP contribution in [0.4, 0.5) is 5.69 Å². The highest BCUT2D eigenvalue weighted by Crippen LogP contribution is 2.35. The van der Waals surface area contributed by atoms with E-state index in [0.29, 0.717) is 31.5 Å². The number of amides is 2. The average Bonchev–Trinajstić information content (AvgIpc) is 2.53. The van der Waals surface area contributed by atoms with Crippen molar-refractivity contribution in [3.8, 4) is 5.75 Å². The predicted octanol–water partition coefficient (Wildman–Crippen LogP) is 4.91. The second-order valence-corrected chi connectivity index (χ2v) is 7.44. The number of nitrogens with one attached hydrogen (secondary N) is 2. The van der Waals surface area contributed by atoms with Crippen molar-refractivity contribution >= 4 is 56.6 Å². The Morgan fingerprint density at radius 3 is 2.38 bits per heavy atom. The highest BCUT2D eigenvalue weighted by molar-refractivity contribution is 9.10. The number of rotatable bonds is 6. The molecule has 5 nitrogen and oxygen atoms in total. The number of benzene rings is 2. The number of hydrogen-bond donors (Lipinski definition) is 2. The summed E-state index contributed by atoms with van der Waals surface area (Å²) in [5.74, 6) is -0.183. The Balaban J connectivity index is 1.93. The minimum absolute atomic E-state index is 0.0537. The van der Waals surface area contributed by atoms with Crippen molar-refractivity contribution in [2.24, 2.45) is 0 Å². The standard InChI is InChI=1S/C18H17BrCl2N2O3/c1-10(2)22-18(25)11-3-5-13(6-4-11)23-16(24)9-26-17-14(19)7-12(20)8-15(17)21/h3-8,10H,9H2,1-2H3,(H,22,25)(H,23,24). The van der Waals surface area contributed by atoms with Crippen molar-refractivity contribution in [3.63, 3.8) is 0 Å². The van der Waals surface area contributed by atoms with Crippen molar-refractivity contribution in [2.75, 3.05) is 11.9 Å². The number of halogens is 3. The van der Waals surface area contributed by atoms with E-state index >= 15 is 0 Å². The Hall–Kier alpha value is -1.76. The molecule has 2 aromatic carbocycles. The van der Waals surface area contributed by atoms with E-state index in [9.17, 15) is 9.59 Å². The molecule has 2 aromatic rings. The third-order valence-electron chi connectivity index (χ3n) is 3.16. The molecule has 0 saturated heterocycles. The van der Waals surface area contributed by atoms with Crippen molar-refractivity contribution in [1.29, 1.82) is 0 Å². The van der Waals surface area contributed by atoms with Gasteiger partial charge in [0.2, 0.25) is 0 Å². The first-order valence-corrected chi connectivity index (χ1v) is 9.29. The van der Waals surface area contributed by atoms with E-state index in [1.807, 2.05) is 13.8 Å². The van der Waals surface area contributed by atoms with E-state index in [0.717, 1.165) is 0 Å². The van der Waals surface area contributed by atoms with Gasteiger partial charge >= 0.3 is 0 Å². The van der Waals surface area contributed by atoms with Gasteiger partial charge in [0.05, 0.1) is 9.50 Å². The molecule has 26 heavy (non-hydrogen) atoms. The molecule has 8 heteroatoms. The van der Waals surface area contributed by atoms with Crippen LogP contribution in [0.2, 0.25) is 10.0 Å². The molecule has 0 bridgehead atoms. The molecule has 0 aliphatic heterocycles. The second-order valence-electron chi connectivity index (χ2n) is 5.74. The van der Waals surface area contributed by atoms with Gasteiger partial charge < -0.3 is 15.4 Å². The highest BCUT2D eigenvalue weighted by atomic mass is 79.9. The van der Waals surface area contributed by atoms with Crippen molar-refractivity contribution in [2.45, 2.75) is 19.9 Å². The molecule has 0 aromatic heterocycles. The van der Waals surface area contributed by atoms with Crippen LogP contribution in [0.25, 0.3) is 0 Å². The van der Waals surface area contributed by atoms with Crippen LogP contribution >= 0.6 is 39.1 Å². The van der Waals surface area contributed by atoms with Gasteiger partial charge in [-0.05, 0) is 66.2 Å². The van der Waals surface area contributed by atoms with E-state index in [4.69, 9.17) is 27.9 Å². The SMILES string of the molecule is CC(C)NC(=O)c1ccc(NC(=O)COc2c(Cl)cc(Cl)cc2Br)cc1. The Morgan fingerprint density at radius 2 is 1.81 bits per heavy atom. The molecule has 0 spiro atoms. The summed E-state index contributed by atoms with van der Waals surface area (Å²) in [6.07, 6.45) is 0. The molecule has 0 aliphatic rings. The lowest BCUT2D eigenvalue weighted by Crippen LogP contribution is -2.30. The van der Waals surface area contributed by atoms with Gasteiger partial charge in [-0.25, -0.2) is 0 Å². The molecule has 138 valence electrons. The molecule has 2 N–H and O–H groups in total. The topological polar surface area (TPSA) is 67.4 Å². The Labute approximate surface area is 170 Å². The number of anilines is 1. The largest absolute Gasteiger partial charge is 0.481 e. The van der Waals surface area contributed by atoms with E-state index in [1.54, 1.807) is 30.3 Å². The number of hydrogen-bond acceptors (Lipinski definition) is 3. The molecule has 0 heterocycles. The van der Waals surface area contributed by atoms with Crippen LogP contribution < -0.4 is 15.4 Å². The summed E-state index contributed by atoms with van der Waals surface area (Å²) < 4.78 is 6.01. The maximum Gasteiger partial charge on any atom is 0.262 e. The Kier molecular flexibility index (Phi) is 7.32. The predicted molar refractivity (Wildman–Crippen MR) is 107 cm³/mol. The Bertz CT molecular complexity index is 788. The fraction of sp³-hybridized carbons (Fsp3) is 0.222. The molecule has 0 aliphatic carbocycles. The summed E-state index contributed by atoms with van der Waals surface area (Å²) in [6, 6.07) is 9.79. The van der Waals surface area contributed by atoms with Crippen LogP contribution in [-0.2, 0) is 4.79 Å².